The molecule has 1 fully saturated rings. The van der Waals surface area contributed by atoms with Crippen molar-refractivity contribution < 1.29 is 9.59 Å². The van der Waals surface area contributed by atoms with Gasteiger partial charge in [-0.3, -0.25) is 9.59 Å². The first kappa shape index (κ1) is 18.6. The van der Waals surface area contributed by atoms with E-state index in [2.05, 4.69) is 31.2 Å². The van der Waals surface area contributed by atoms with Crippen molar-refractivity contribution in [3.8, 4) is 0 Å². The van der Waals surface area contributed by atoms with E-state index in [4.69, 9.17) is 0 Å². The van der Waals surface area contributed by atoms with Crippen molar-refractivity contribution in [1.29, 1.82) is 0 Å². The number of rotatable bonds is 4. The Morgan fingerprint density at radius 2 is 1.43 bits per heavy atom. The number of anilines is 1. The van der Waals surface area contributed by atoms with E-state index in [-0.39, 0.29) is 11.1 Å². The molecule has 0 aromatic heterocycles. The van der Waals surface area contributed by atoms with Crippen LogP contribution >= 0.6 is 23.5 Å². The van der Waals surface area contributed by atoms with Crippen molar-refractivity contribution >= 4 is 46.4 Å². The fourth-order valence-electron chi connectivity index (χ4n) is 2.79. The van der Waals surface area contributed by atoms with Gasteiger partial charge in [-0.15, -0.1) is 0 Å². The summed E-state index contributed by atoms with van der Waals surface area (Å²) < 4.78 is 0. The topological polar surface area (TPSA) is 37.4 Å². The van der Waals surface area contributed by atoms with Gasteiger partial charge in [-0.05, 0) is 66.7 Å². The Kier molecular flexibility index (Phi) is 5.37. The van der Waals surface area contributed by atoms with Gasteiger partial charge in [0.2, 0.25) is 0 Å². The van der Waals surface area contributed by atoms with Crippen LogP contribution in [-0.4, -0.2) is 11.1 Å². The van der Waals surface area contributed by atoms with Crippen LogP contribution in [0.3, 0.4) is 0 Å². The van der Waals surface area contributed by atoms with Gasteiger partial charge in [0, 0.05) is 9.79 Å². The molecule has 1 heterocycles. The SMILES string of the molecule is Cc1ccc(Sc2ccc(/C=C3\SC(=O)N(c4ccccc4)C3=O)cc2)cc1. The molecule has 3 aromatic carbocycles. The molecule has 138 valence electrons. The fourth-order valence-corrected chi connectivity index (χ4v) is 4.45. The summed E-state index contributed by atoms with van der Waals surface area (Å²) in [6, 6.07) is 25.4. The van der Waals surface area contributed by atoms with Gasteiger partial charge in [-0.25, -0.2) is 4.90 Å². The number of imide groups is 1. The number of nitrogens with zero attached hydrogens (tertiary/aromatic N) is 1. The van der Waals surface area contributed by atoms with Crippen molar-refractivity contribution in [2.24, 2.45) is 0 Å². The summed E-state index contributed by atoms with van der Waals surface area (Å²) in [5.41, 5.74) is 2.73. The Balaban J connectivity index is 1.50. The molecule has 0 unspecified atom stereocenters. The highest BCUT2D eigenvalue weighted by molar-refractivity contribution is 8.19. The maximum atomic E-state index is 12.7. The first-order chi connectivity index (χ1) is 13.6. The molecular weight excluding hydrogens is 386 g/mol. The van der Waals surface area contributed by atoms with Crippen molar-refractivity contribution in [2.75, 3.05) is 4.90 Å². The van der Waals surface area contributed by atoms with E-state index in [9.17, 15) is 9.59 Å². The number of para-hydroxylation sites is 1. The molecule has 0 radical (unpaired) electrons. The number of hydrogen-bond acceptors (Lipinski definition) is 4. The molecule has 2 amide bonds. The zero-order chi connectivity index (χ0) is 19.5. The van der Waals surface area contributed by atoms with E-state index in [1.165, 1.54) is 15.4 Å². The molecule has 3 nitrogen and oxygen atoms in total. The quantitative estimate of drug-likeness (QED) is 0.473. The molecular formula is C23H17NO2S2. The second kappa shape index (κ2) is 8.09. The van der Waals surface area contributed by atoms with Gasteiger partial charge in [-0.2, -0.15) is 0 Å². The van der Waals surface area contributed by atoms with E-state index in [1.807, 2.05) is 42.5 Å². The lowest BCUT2D eigenvalue weighted by Crippen LogP contribution is -2.27. The predicted octanol–water partition coefficient (Wildman–Crippen LogP) is 6.39. The lowest BCUT2D eigenvalue weighted by molar-refractivity contribution is -0.113. The molecule has 1 saturated heterocycles. The van der Waals surface area contributed by atoms with Gasteiger partial charge in [0.25, 0.3) is 11.1 Å². The Morgan fingerprint density at radius 3 is 2.07 bits per heavy atom. The minimum atomic E-state index is -0.278. The highest BCUT2D eigenvalue weighted by Gasteiger charge is 2.36. The van der Waals surface area contributed by atoms with Gasteiger partial charge in [0.15, 0.2) is 0 Å². The minimum Gasteiger partial charge on any atom is -0.268 e. The van der Waals surface area contributed by atoms with E-state index in [0.29, 0.717) is 10.6 Å². The third-order valence-corrected chi connectivity index (χ3v) is 6.13. The molecule has 0 N–H and O–H groups in total. The van der Waals surface area contributed by atoms with Gasteiger partial charge in [0.05, 0.1) is 10.6 Å². The van der Waals surface area contributed by atoms with Crippen molar-refractivity contribution in [2.45, 2.75) is 16.7 Å². The number of benzene rings is 3. The summed E-state index contributed by atoms with van der Waals surface area (Å²) in [5, 5.41) is -0.269. The monoisotopic (exact) mass is 403 g/mol. The Labute approximate surface area is 172 Å². The molecule has 1 aliphatic heterocycles. The molecule has 5 heteroatoms. The van der Waals surface area contributed by atoms with Gasteiger partial charge in [-0.1, -0.05) is 59.8 Å². The minimum absolute atomic E-state index is 0.269. The molecule has 1 aliphatic rings. The number of thioether (sulfide) groups is 1. The second-order valence-corrected chi connectivity index (χ2v) is 8.48. The van der Waals surface area contributed by atoms with E-state index >= 15 is 0 Å². The first-order valence-electron chi connectivity index (χ1n) is 8.78. The van der Waals surface area contributed by atoms with Gasteiger partial charge < -0.3 is 0 Å². The molecule has 0 atom stereocenters. The Bertz CT molecular complexity index is 1040. The van der Waals surface area contributed by atoms with Gasteiger partial charge in [0.1, 0.15) is 0 Å². The van der Waals surface area contributed by atoms with Crippen LogP contribution in [0.1, 0.15) is 11.1 Å². The third-order valence-electron chi connectivity index (χ3n) is 4.24. The van der Waals surface area contributed by atoms with Crippen molar-refractivity contribution in [3.05, 3.63) is 94.9 Å². The normalized spacial score (nSPS) is 15.5. The average Bonchev–Trinajstić information content (AvgIpc) is 2.99. The van der Waals surface area contributed by atoms with E-state index in [0.717, 1.165) is 22.2 Å². The predicted molar refractivity (Wildman–Crippen MR) is 117 cm³/mol. The van der Waals surface area contributed by atoms with Gasteiger partial charge >= 0.3 is 0 Å². The third kappa shape index (κ3) is 4.06. The van der Waals surface area contributed by atoms with Crippen molar-refractivity contribution in [1.82, 2.24) is 0 Å². The number of carbonyl (C=O) groups is 2. The number of hydrogen-bond donors (Lipinski definition) is 0. The van der Waals surface area contributed by atoms with E-state index < -0.39 is 0 Å². The Hall–Kier alpha value is -2.76. The summed E-state index contributed by atoms with van der Waals surface area (Å²) in [6.45, 7) is 2.07. The van der Waals surface area contributed by atoms with Crippen LogP contribution in [0.25, 0.3) is 6.08 Å². The summed E-state index contributed by atoms with van der Waals surface area (Å²) >= 11 is 2.66. The lowest BCUT2D eigenvalue weighted by Gasteiger charge is -2.11. The van der Waals surface area contributed by atoms with Crippen LogP contribution in [0, 0.1) is 6.92 Å². The van der Waals surface area contributed by atoms with Crippen LogP contribution in [0.4, 0.5) is 10.5 Å². The molecule has 4 rings (SSSR count). The summed E-state index contributed by atoms with van der Waals surface area (Å²) in [5.74, 6) is -0.278. The number of carbonyl (C=O) groups excluding carboxylic acids is 2. The highest BCUT2D eigenvalue weighted by atomic mass is 32.2. The lowest BCUT2D eigenvalue weighted by atomic mass is 10.2. The van der Waals surface area contributed by atoms with Crippen LogP contribution in [0.2, 0.25) is 0 Å². The average molecular weight is 404 g/mol. The smallest absolute Gasteiger partial charge is 0.268 e. The zero-order valence-corrected chi connectivity index (χ0v) is 16.8. The summed E-state index contributed by atoms with van der Waals surface area (Å²) in [6.07, 6.45) is 1.77. The van der Waals surface area contributed by atoms with Crippen LogP contribution in [-0.2, 0) is 4.79 Å². The maximum Gasteiger partial charge on any atom is 0.298 e. The number of aryl methyl sites for hydroxylation is 1. The Morgan fingerprint density at radius 1 is 0.821 bits per heavy atom. The second-order valence-electron chi connectivity index (χ2n) is 6.34. The first-order valence-corrected chi connectivity index (χ1v) is 10.4. The number of amides is 2. The van der Waals surface area contributed by atoms with Crippen LogP contribution < -0.4 is 4.90 Å². The fraction of sp³-hybridized carbons (Fsp3) is 0.0435. The summed E-state index contributed by atoms with van der Waals surface area (Å²) in [7, 11) is 0. The molecule has 0 saturated carbocycles. The molecule has 3 aromatic rings. The highest BCUT2D eigenvalue weighted by Crippen LogP contribution is 2.36. The molecule has 0 aliphatic carbocycles. The summed E-state index contributed by atoms with van der Waals surface area (Å²) in [4.78, 5) is 28.9. The molecule has 0 bridgehead atoms. The van der Waals surface area contributed by atoms with Crippen molar-refractivity contribution in [3.63, 3.8) is 0 Å². The molecule has 28 heavy (non-hydrogen) atoms. The standard InChI is InChI=1S/C23H17NO2S2/c1-16-7-11-19(12-8-16)27-20-13-9-17(10-14-20)15-21-22(25)24(23(26)28-21)18-5-3-2-4-6-18/h2-15H,1H3/b21-15-. The maximum absolute atomic E-state index is 12.7. The largest absolute Gasteiger partial charge is 0.298 e. The zero-order valence-electron chi connectivity index (χ0n) is 15.2. The van der Waals surface area contributed by atoms with Crippen LogP contribution in [0.5, 0.6) is 0 Å². The molecule has 0 spiro atoms. The van der Waals surface area contributed by atoms with Crippen LogP contribution in [0.15, 0.2) is 93.6 Å². The van der Waals surface area contributed by atoms with E-state index in [1.54, 1.807) is 30.0 Å².